The highest BCUT2D eigenvalue weighted by molar-refractivity contribution is 5.89. The molecule has 0 amide bonds. The molecule has 0 saturated carbocycles. The Labute approximate surface area is 75.7 Å². The first-order valence-electron chi connectivity index (χ1n) is 4.00. The van der Waals surface area contributed by atoms with Crippen LogP contribution < -0.4 is 4.74 Å². The molecule has 1 rings (SSSR count). The van der Waals surface area contributed by atoms with Crippen LogP contribution in [0.25, 0.3) is 0 Å². The molecule has 5 nitrogen and oxygen atoms in total. The molecule has 0 atom stereocenters. The summed E-state index contributed by atoms with van der Waals surface area (Å²) in [7, 11) is 0. The van der Waals surface area contributed by atoms with Crippen LogP contribution in [0.2, 0.25) is 0 Å². The van der Waals surface area contributed by atoms with Crippen molar-refractivity contribution in [3.05, 3.63) is 11.8 Å². The number of ether oxygens (including phenoxy) is 1. The predicted octanol–water partition coefficient (Wildman–Crippen LogP) is 1.14. The minimum absolute atomic E-state index is 0.0700. The summed E-state index contributed by atoms with van der Waals surface area (Å²) in [6, 6.07) is 0. The monoisotopic (exact) mass is 184 g/mol. The van der Waals surface area contributed by atoms with Gasteiger partial charge in [0.05, 0.1) is 12.8 Å². The number of hydrogen-bond donors (Lipinski definition) is 2. The van der Waals surface area contributed by atoms with Crippen molar-refractivity contribution >= 4 is 5.97 Å². The molecule has 0 spiro atoms. The first-order valence-corrected chi connectivity index (χ1v) is 4.00. The van der Waals surface area contributed by atoms with Gasteiger partial charge in [-0.05, 0) is 5.92 Å². The minimum atomic E-state index is -1.03. The first-order chi connectivity index (χ1) is 6.11. The lowest BCUT2D eigenvalue weighted by Crippen LogP contribution is -2.07. The average molecular weight is 184 g/mol. The van der Waals surface area contributed by atoms with Gasteiger partial charge in [0.2, 0.25) is 5.88 Å². The van der Waals surface area contributed by atoms with Crippen LogP contribution in [-0.4, -0.2) is 27.9 Å². The maximum atomic E-state index is 10.6. The molecule has 1 heterocycles. The molecule has 0 fully saturated rings. The molecule has 0 radical (unpaired) electrons. The van der Waals surface area contributed by atoms with E-state index < -0.39 is 5.97 Å². The van der Waals surface area contributed by atoms with Crippen molar-refractivity contribution in [2.24, 2.45) is 5.92 Å². The fraction of sp³-hybridized carbons (Fsp3) is 0.500. The third-order valence-corrected chi connectivity index (χ3v) is 1.40. The zero-order valence-electron chi connectivity index (χ0n) is 7.57. The summed E-state index contributed by atoms with van der Waals surface area (Å²) in [6.07, 6.45) is 1.23. The van der Waals surface area contributed by atoms with Crippen molar-refractivity contribution in [3.8, 4) is 5.88 Å². The highest BCUT2D eigenvalue weighted by Gasteiger charge is 2.13. The van der Waals surface area contributed by atoms with Crippen molar-refractivity contribution in [3.63, 3.8) is 0 Å². The summed E-state index contributed by atoms with van der Waals surface area (Å²) in [4.78, 5) is 10.6. The topological polar surface area (TPSA) is 75.2 Å². The summed E-state index contributed by atoms with van der Waals surface area (Å²) >= 11 is 0. The number of H-pyrrole nitrogens is 1. The molecule has 0 saturated heterocycles. The molecule has 0 aromatic carbocycles. The maximum Gasteiger partial charge on any atom is 0.342 e. The Balaban J connectivity index is 2.65. The zero-order chi connectivity index (χ0) is 9.84. The quantitative estimate of drug-likeness (QED) is 0.735. The summed E-state index contributed by atoms with van der Waals surface area (Å²) < 4.78 is 5.20. The van der Waals surface area contributed by atoms with E-state index in [1.807, 2.05) is 13.8 Å². The van der Waals surface area contributed by atoms with Gasteiger partial charge in [-0.15, -0.1) is 0 Å². The molecule has 13 heavy (non-hydrogen) atoms. The van der Waals surface area contributed by atoms with Gasteiger partial charge in [-0.1, -0.05) is 13.8 Å². The number of hydrogen-bond acceptors (Lipinski definition) is 3. The van der Waals surface area contributed by atoms with Gasteiger partial charge in [-0.25, -0.2) is 9.89 Å². The minimum Gasteiger partial charge on any atom is -0.477 e. The molecule has 1 aromatic rings. The summed E-state index contributed by atoms with van der Waals surface area (Å²) in [5.74, 6) is -0.460. The lowest BCUT2D eigenvalue weighted by atomic mass is 10.2. The van der Waals surface area contributed by atoms with Crippen LogP contribution in [0.1, 0.15) is 24.2 Å². The highest BCUT2D eigenvalue weighted by atomic mass is 16.5. The number of carboxylic acid groups (broad SMARTS) is 1. The fourth-order valence-electron chi connectivity index (χ4n) is 0.787. The van der Waals surface area contributed by atoms with Gasteiger partial charge in [0.1, 0.15) is 5.56 Å². The standard InChI is InChI=1S/C8H12N2O3/c1-5(2)4-13-7-6(8(11)12)3-9-10-7/h3,5H,4H2,1-2H3,(H,9,10)(H,11,12). The van der Waals surface area contributed by atoms with E-state index in [4.69, 9.17) is 9.84 Å². The van der Waals surface area contributed by atoms with E-state index >= 15 is 0 Å². The Morgan fingerprint density at radius 2 is 2.46 bits per heavy atom. The predicted molar refractivity (Wildman–Crippen MR) is 45.9 cm³/mol. The van der Waals surface area contributed by atoms with E-state index in [0.717, 1.165) is 0 Å². The molecule has 72 valence electrons. The van der Waals surface area contributed by atoms with Crippen LogP contribution in [-0.2, 0) is 0 Å². The number of aromatic nitrogens is 2. The summed E-state index contributed by atoms with van der Waals surface area (Å²) in [5.41, 5.74) is 0.0700. The molecular formula is C8H12N2O3. The Morgan fingerprint density at radius 3 is 3.00 bits per heavy atom. The molecule has 5 heteroatoms. The number of nitrogens with zero attached hydrogens (tertiary/aromatic N) is 1. The van der Waals surface area contributed by atoms with Crippen LogP contribution >= 0.6 is 0 Å². The van der Waals surface area contributed by atoms with Crippen LogP contribution in [0.15, 0.2) is 6.20 Å². The summed E-state index contributed by atoms with van der Waals surface area (Å²) in [5, 5.41) is 14.8. The third-order valence-electron chi connectivity index (χ3n) is 1.40. The van der Waals surface area contributed by atoms with E-state index in [1.54, 1.807) is 0 Å². The van der Waals surface area contributed by atoms with Gasteiger partial charge in [-0.3, -0.25) is 0 Å². The van der Waals surface area contributed by atoms with Gasteiger partial charge in [0.25, 0.3) is 0 Å². The van der Waals surface area contributed by atoms with Gasteiger partial charge < -0.3 is 9.84 Å². The van der Waals surface area contributed by atoms with Gasteiger partial charge in [0, 0.05) is 0 Å². The number of rotatable bonds is 4. The second-order valence-electron chi connectivity index (χ2n) is 3.12. The summed E-state index contributed by atoms with van der Waals surface area (Å²) in [6.45, 7) is 4.44. The molecule has 0 aliphatic rings. The second kappa shape index (κ2) is 3.93. The lowest BCUT2D eigenvalue weighted by molar-refractivity contribution is 0.0691. The highest BCUT2D eigenvalue weighted by Crippen LogP contribution is 2.14. The van der Waals surface area contributed by atoms with Gasteiger partial charge in [0.15, 0.2) is 0 Å². The van der Waals surface area contributed by atoms with Crippen molar-refractivity contribution in [1.29, 1.82) is 0 Å². The SMILES string of the molecule is CC(C)COc1[nH]ncc1C(=O)O. The van der Waals surface area contributed by atoms with E-state index in [9.17, 15) is 4.79 Å². The van der Waals surface area contributed by atoms with E-state index in [0.29, 0.717) is 12.5 Å². The maximum absolute atomic E-state index is 10.6. The van der Waals surface area contributed by atoms with E-state index in [2.05, 4.69) is 10.2 Å². The fourth-order valence-corrected chi connectivity index (χ4v) is 0.787. The first kappa shape index (κ1) is 9.57. The van der Waals surface area contributed by atoms with Crippen LogP contribution in [0, 0.1) is 5.92 Å². The van der Waals surface area contributed by atoms with Crippen molar-refractivity contribution in [2.75, 3.05) is 6.61 Å². The number of carbonyl (C=O) groups is 1. The molecule has 0 aliphatic carbocycles. The number of aromatic amines is 1. The van der Waals surface area contributed by atoms with Gasteiger partial charge >= 0.3 is 5.97 Å². The molecular weight excluding hydrogens is 172 g/mol. The Hall–Kier alpha value is -1.52. The second-order valence-corrected chi connectivity index (χ2v) is 3.12. The Kier molecular flexibility index (Phi) is 2.89. The molecule has 0 bridgehead atoms. The normalized spacial score (nSPS) is 10.4. The smallest absolute Gasteiger partial charge is 0.342 e. The number of carboxylic acids is 1. The number of nitrogens with one attached hydrogen (secondary N) is 1. The average Bonchev–Trinajstić information content (AvgIpc) is 2.47. The van der Waals surface area contributed by atoms with Crippen LogP contribution in [0.3, 0.4) is 0 Å². The third kappa shape index (κ3) is 2.47. The van der Waals surface area contributed by atoms with Gasteiger partial charge in [-0.2, -0.15) is 5.10 Å². The van der Waals surface area contributed by atoms with Crippen molar-refractivity contribution in [2.45, 2.75) is 13.8 Å². The van der Waals surface area contributed by atoms with E-state index in [-0.39, 0.29) is 11.4 Å². The number of aromatic carboxylic acids is 1. The van der Waals surface area contributed by atoms with Crippen molar-refractivity contribution < 1.29 is 14.6 Å². The Bertz CT molecular complexity index is 293. The van der Waals surface area contributed by atoms with E-state index in [1.165, 1.54) is 6.20 Å². The van der Waals surface area contributed by atoms with Crippen LogP contribution in [0.4, 0.5) is 0 Å². The van der Waals surface area contributed by atoms with Crippen LogP contribution in [0.5, 0.6) is 5.88 Å². The molecule has 1 aromatic heterocycles. The Morgan fingerprint density at radius 1 is 1.77 bits per heavy atom. The lowest BCUT2D eigenvalue weighted by Gasteiger charge is -2.06. The molecule has 2 N–H and O–H groups in total. The van der Waals surface area contributed by atoms with Crippen molar-refractivity contribution in [1.82, 2.24) is 10.2 Å². The molecule has 0 aliphatic heterocycles. The molecule has 0 unspecified atom stereocenters. The largest absolute Gasteiger partial charge is 0.477 e. The zero-order valence-corrected chi connectivity index (χ0v) is 7.57.